The van der Waals surface area contributed by atoms with Gasteiger partial charge in [0.25, 0.3) is 0 Å². The lowest BCUT2D eigenvalue weighted by Gasteiger charge is -2.11. The van der Waals surface area contributed by atoms with Crippen LogP contribution in [0.2, 0.25) is 0 Å². The average Bonchev–Trinajstić information content (AvgIpc) is 3.05. The van der Waals surface area contributed by atoms with Crippen LogP contribution in [0.3, 0.4) is 0 Å². The van der Waals surface area contributed by atoms with Crippen molar-refractivity contribution in [2.45, 2.75) is 26.4 Å². The summed E-state index contributed by atoms with van der Waals surface area (Å²) in [6.45, 7) is 3.92. The Morgan fingerprint density at radius 1 is 1.21 bits per heavy atom. The Morgan fingerprint density at radius 3 is 2.54 bits per heavy atom. The maximum Gasteiger partial charge on any atom is 0.240 e. The van der Waals surface area contributed by atoms with Crippen molar-refractivity contribution in [2.24, 2.45) is 0 Å². The summed E-state index contributed by atoms with van der Waals surface area (Å²) >= 11 is 3.42. The van der Waals surface area contributed by atoms with Crippen LogP contribution in [0.1, 0.15) is 13.8 Å². The molecular weight excluding hydrogens is 425 g/mol. The SMILES string of the molecule is COc1cc(-c2nc(-c3ccc(Br)cc3)cn2CC(=O)NC(C)C)ccc1F. The quantitative estimate of drug-likeness (QED) is 0.600. The number of carbonyl (C=O) groups excluding carboxylic acids is 1. The van der Waals surface area contributed by atoms with Gasteiger partial charge in [-0.2, -0.15) is 0 Å². The fraction of sp³-hybridized carbons (Fsp3) is 0.238. The summed E-state index contributed by atoms with van der Waals surface area (Å²) in [5, 5.41) is 2.88. The van der Waals surface area contributed by atoms with Crippen molar-refractivity contribution in [3.63, 3.8) is 0 Å². The lowest BCUT2D eigenvalue weighted by atomic mass is 10.2. The first kappa shape index (κ1) is 20.1. The number of hydrogen-bond acceptors (Lipinski definition) is 3. The lowest BCUT2D eigenvalue weighted by Crippen LogP contribution is -2.33. The number of ether oxygens (including phenoxy) is 1. The summed E-state index contributed by atoms with van der Waals surface area (Å²) in [6, 6.07) is 12.3. The summed E-state index contributed by atoms with van der Waals surface area (Å²) in [5.41, 5.74) is 2.31. The predicted molar refractivity (Wildman–Crippen MR) is 111 cm³/mol. The van der Waals surface area contributed by atoms with E-state index in [9.17, 15) is 9.18 Å². The first-order valence-electron chi connectivity index (χ1n) is 8.83. The molecule has 1 heterocycles. The molecule has 0 aliphatic carbocycles. The molecule has 0 saturated carbocycles. The molecule has 3 aromatic rings. The zero-order valence-electron chi connectivity index (χ0n) is 15.9. The van der Waals surface area contributed by atoms with Crippen molar-refractivity contribution in [3.8, 4) is 28.4 Å². The molecule has 0 radical (unpaired) electrons. The molecule has 1 aromatic heterocycles. The average molecular weight is 446 g/mol. The van der Waals surface area contributed by atoms with E-state index in [1.165, 1.54) is 13.2 Å². The van der Waals surface area contributed by atoms with E-state index >= 15 is 0 Å². The van der Waals surface area contributed by atoms with E-state index in [1.807, 2.05) is 44.3 Å². The van der Waals surface area contributed by atoms with Crippen molar-refractivity contribution >= 4 is 21.8 Å². The van der Waals surface area contributed by atoms with Crippen LogP contribution in [0, 0.1) is 5.82 Å². The first-order valence-corrected chi connectivity index (χ1v) is 9.63. The topological polar surface area (TPSA) is 56.2 Å². The van der Waals surface area contributed by atoms with E-state index in [4.69, 9.17) is 9.72 Å². The fourth-order valence-electron chi connectivity index (χ4n) is 2.85. The van der Waals surface area contributed by atoms with Gasteiger partial charge in [-0.25, -0.2) is 9.37 Å². The van der Waals surface area contributed by atoms with E-state index in [2.05, 4.69) is 21.2 Å². The van der Waals surface area contributed by atoms with Gasteiger partial charge < -0.3 is 14.6 Å². The molecule has 2 aromatic carbocycles. The Kier molecular flexibility index (Phi) is 6.14. The number of benzene rings is 2. The minimum Gasteiger partial charge on any atom is -0.494 e. The number of methoxy groups -OCH3 is 1. The third-order valence-electron chi connectivity index (χ3n) is 4.09. The molecule has 1 amide bonds. The van der Waals surface area contributed by atoms with E-state index < -0.39 is 5.82 Å². The second-order valence-electron chi connectivity index (χ2n) is 6.66. The van der Waals surface area contributed by atoms with Crippen molar-refractivity contribution in [2.75, 3.05) is 7.11 Å². The minimum atomic E-state index is -0.449. The van der Waals surface area contributed by atoms with Crippen molar-refractivity contribution in [1.82, 2.24) is 14.9 Å². The fourth-order valence-corrected chi connectivity index (χ4v) is 3.11. The zero-order chi connectivity index (χ0) is 20.3. The normalized spacial score (nSPS) is 10.9. The van der Waals surface area contributed by atoms with Gasteiger partial charge in [-0.3, -0.25) is 4.79 Å². The third kappa shape index (κ3) is 4.59. The highest BCUT2D eigenvalue weighted by atomic mass is 79.9. The molecule has 0 fully saturated rings. The van der Waals surface area contributed by atoms with Crippen LogP contribution in [0.25, 0.3) is 22.6 Å². The van der Waals surface area contributed by atoms with Crippen LogP contribution in [0.4, 0.5) is 4.39 Å². The molecule has 0 aliphatic rings. The molecule has 0 unspecified atom stereocenters. The second-order valence-corrected chi connectivity index (χ2v) is 7.57. The lowest BCUT2D eigenvalue weighted by molar-refractivity contribution is -0.122. The van der Waals surface area contributed by atoms with E-state index in [0.29, 0.717) is 11.4 Å². The molecule has 0 aliphatic heterocycles. The summed E-state index contributed by atoms with van der Waals surface area (Å²) in [4.78, 5) is 17.0. The standard InChI is InChI=1S/C21H21BrFN3O2/c1-13(2)24-20(27)12-26-11-18(14-4-7-16(22)8-5-14)25-21(26)15-6-9-17(23)19(10-15)28-3/h4-11,13H,12H2,1-3H3,(H,24,27). The van der Waals surface area contributed by atoms with Crippen molar-refractivity contribution < 1.29 is 13.9 Å². The van der Waals surface area contributed by atoms with Gasteiger partial charge in [-0.15, -0.1) is 0 Å². The third-order valence-corrected chi connectivity index (χ3v) is 4.62. The Labute approximate surface area is 171 Å². The van der Waals surface area contributed by atoms with E-state index in [0.717, 1.165) is 15.7 Å². The van der Waals surface area contributed by atoms with Crippen LogP contribution < -0.4 is 10.1 Å². The predicted octanol–water partition coefficient (Wildman–Crippen LogP) is 4.65. The van der Waals surface area contributed by atoms with Gasteiger partial charge in [0.1, 0.15) is 12.4 Å². The Morgan fingerprint density at radius 2 is 1.89 bits per heavy atom. The molecule has 0 spiro atoms. The van der Waals surface area contributed by atoms with Crippen LogP contribution >= 0.6 is 15.9 Å². The Hall–Kier alpha value is -2.67. The molecule has 0 atom stereocenters. The van der Waals surface area contributed by atoms with Crippen LogP contribution in [-0.2, 0) is 11.3 Å². The largest absolute Gasteiger partial charge is 0.494 e. The molecule has 0 bridgehead atoms. The minimum absolute atomic E-state index is 0.0383. The number of amides is 1. The molecule has 0 saturated heterocycles. The van der Waals surface area contributed by atoms with Gasteiger partial charge in [0.15, 0.2) is 11.6 Å². The number of carbonyl (C=O) groups is 1. The highest BCUT2D eigenvalue weighted by Crippen LogP contribution is 2.29. The van der Waals surface area contributed by atoms with Crippen molar-refractivity contribution in [1.29, 1.82) is 0 Å². The number of nitrogens with zero attached hydrogens (tertiary/aromatic N) is 2. The van der Waals surface area contributed by atoms with Crippen LogP contribution in [0.15, 0.2) is 53.1 Å². The number of imidazole rings is 1. The number of halogens is 2. The van der Waals surface area contributed by atoms with Gasteiger partial charge in [0.2, 0.25) is 5.91 Å². The molecule has 5 nitrogen and oxygen atoms in total. The van der Waals surface area contributed by atoms with Gasteiger partial charge in [0, 0.05) is 27.8 Å². The van der Waals surface area contributed by atoms with Gasteiger partial charge in [-0.1, -0.05) is 28.1 Å². The first-order chi connectivity index (χ1) is 13.4. The molecule has 28 heavy (non-hydrogen) atoms. The number of nitrogens with one attached hydrogen (secondary N) is 1. The second kappa shape index (κ2) is 8.56. The van der Waals surface area contributed by atoms with Crippen LogP contribution in [0.5, 0.6) is 5.75 Å². The summed E-state index contributed by atoms with van der Waals surface area (Å²) in [6.07, 6.45) is 1.83. The highest BCUT2D eigenvalue weighted by molar-refractivity contribution is 9.10. The van der Waals surface area contributed by atoms with Gasteiger partial charge >= 0.3 is 0 Å². The molecule has 146 valence electrons. The maximum atomic E-state index is 13.8. The Bertz CT molecular complexity index is 984. The van der Waals surface area contributed by atoms with Crippen molar-refractivity contribution in [3.05, 3.63) is 59.0 Å². The highest BCUT2D eigenvalue weighted by Gasteiger charge is 2.16. The summed E-state index contributed by atoms with van der Waals surface area (Å²) < 4.78 is 21.6. The number of aromatic nitrogens is 2. The van der Waals surface area contributed by atoms with Gasteiger partial charge in [-0.05, 0) is 44.2 Å². The van der Waals surface area contributed by atoms with Gasteiger partial charge in [0.05, 0.1) is 12.8 Å². The number of rotatable bonds is 6. The maximum absolute atomic E-state index is 13.8. The van der Waals surface area contributed by atoms with E-state index in [1.54, 1.807) is 16.7 Å². The molecule has 3 rings (SSSR count). The Balaban J connectivity index is 2.05. The summed E-state index contributed by atoms with van der Waals surface area (Å²) in [7, 11) is 1.41. The monoisotopic (exact) mass is 445 g/mol. The van der Waals surface area contributed by atoms with E-state index in [-0.39, 0.29) is 24.2 Å². The van der Waals surface area contributed by atoms with Crippen LogP contribution in [-0.4, -0.2) is 28.6 Å². The molecular formula is C21H21BrFN3O2. The number of hydrogen-bond donors (Lipinski definition) is 1. The smallest absolute Gasteiger partial charge is 0.240 e. The molecule has 7 heteroatoms. The molecule has 1 N–H and O–H groups in total. The zero-order valence-corrected chi connectivity index (χ0v) is 17.5. The summed E-state index contributed by atoms with van der Waals surface area (Å²) in [5.74, 6) is 0.124.